The molecule has 0 aromatic carbocycles. The number of hydrogen-bond donors (Lipinski definition) is 2. The second-order valence-corrected chi connectivity index (χ2v) is 2.70. The predicted octanol–water partition coefficient (Wildman–Crippen LogP) is 0.111. The minimum absolute atomic E-state index is 0.00123. The van der Waals surface area contributed by atoms with Gasteiger partial charge in [0.2, 0.25) is 0 Å². The molecule has 7 heteroatoms. The minimum atomic E-state index is -1.09. The first-order chi connectivity index (χ1) is 6.20. The van der Waals surface area contributed by atoms with Crippen LogP contribution < -0.4 is 0 Å². The Kier molecular flexibility index (Phi) is 1.66. The summed E-state index contributed by atoms with van der Waals surface area (Å²) >= 11 is 4.01. The summed E-state index contributed by atoms with van der Waals surface area (Å²) in [7, 11) is 0. The fraction of sp³-hybridized carbons (Fsp3) is 0. The molecule has 0 radical (unpaired) electrons. The monoisotopic (exact) mass is 196 g/mol. The van der Waals surface area contributed by atoms with Crippen molar-refractivity contribution in [3.63, 3.8) is 0 Å². The third-order valence-corrected chi connectivity index (χ3v) is 1.94. The van der Waals surface area contributed by atoms with Gasteiger partial charge in [0.05, 0.1) is 0 Å². The Morgan fingerprint density at radius 3 is 3.00 bits per heavy atom. The highest BCUT2D eigenvalue weighted by Crippen LogP contribution is 2.12. The molecular weight excluding hydrogens is 192 g/mol. The van der Waals surface area contributed by atoms with Crippen molar-refractivity contribution in [3.8, 4) is 0 Å². The van der Waals surface area contributed by atoms with Crippen LogP contribution >= 0.6 is 12.6 Å². The molecule has 0 amide bonds. The highest BCUT2D eigenvalue weighted by molar-refractivity contribution is 7.80. The van der Waals surface area contributed by atoms with E-state index in [4.69, 9.17) is 5.11 Å². The summed E-state index contributed by atoms with van der Waals surface area (Å²) in [5.41, 5.74) is 0.00123. The lowest BCUT2D eigenvalue weighted by Crippen LogP contribution is -2.04. The van der Waals surface area contributed by atoms with Gasteiger partial charge in [-0.3, -0.25) is 0 Å². The van der Waals surface area contributed by atoms with Crippen LogP contribution in [-0.2, 0) is 0 Å². The molecule has 0 aliphatic carbocycles. The smallest absolute Gasteiger partial charge is 0.340 e. The molecule has 66 valence electrons. The van der Waals surface area contributed by atoms with Crippen molar-refractivity contribution in [2.75, 3.05) is 0 Å². The van der Waals surface area contributed by atoms with Crippen molar-refractivity contribution >= 4 is 24.4 Å². The molecule has 0 aliphatic rings. The number of carboxylic acids is 1. The van der Waals surface area contributed by atoms with Crippen LogP contribution in [0.25, 0.3) is 5.78 Å². The van der Waals surface area contributed by atoms with Gasteiger partial charge in [-0.1, -0.05) is 0 Å². The largest absolute Gasteiger partial charge is 0.478 e. The summed E-state index contributed by atoms with van der Waals surface area (Å²) in [5, 5.41) is 12.7. The molecule has 2 heterocycles. The molecule has 0 unspecified atom stereocenters. The highest BCUT2D eigenvalue weighted by Gasteiger charge is 2.12. The van der Waals surface area contributed by atoms with Crippen molar-refractivity contribution in [1.29, 1.82) is 0 Å². The van der Waals surface area contributed by atoms with Gasteiger partial charge in [-0.15, -0.1) is 12.6 Å². The molecule has 0 spiro atoms. The Labute approximate surface area is 77.7 Å². The average Bonchev–Trinajstić information content (AvgIpc) is 2.52. The molecular formula is C6H4N4O2S. The number of aromatic nitrogens is 4. The minimum Gasteiger partial charge on any atom is -0.478 e. The molecule has 1 N–H and O–H groups in total. The van der Waals surface area contributed by atoms with Crippen molar-refractivity contribution in [2.24, 2.45) is 0 Å². The number of carboxylic acid groups (broad SMARTS) is 1. The average molecular weight is 196 g/mol. The quantitative estimate of drug-likeness (QED) is 0.500. The first-order valence-corrected chi connectivity index (χ1v) is 3.76. The summed E-state index contributed by atoms with van der Waals surface area (Å²) in [6.07, 6.45) is 2.49. The Balaban J connectivity index is 2.80. The van der Waals surface area contributed by atoms with Crippen LogP contribution in [0.15, 0.2) is 17.6 Å². The van der Waals surface area contributed by atoms with Crippen molar-refractivity contribution in [3.05, 3.63) is 18.1 Å². The van der Waals surface area contributed by atoms with E-state index < -0.39 is 5.97 Å². The molecule has 2 aromatic heterocycles. The zero-order chi connectivity index (χ0) is 9.42. The number of nitrogens with zero attached hydrogens (tertiary/aromatic N) is 4. The van der Waals surface area contributed by atoms with E-state index in [2.05, 4.69) is 27.7 Å². The molecule has 2 aromatic rings. The Morgan fingerprint density at radius 2 is 2.31 bits per heavy atom. The van der Waals surface area contributed by atoms with Crippen LogP contribution in [0.2, 0.25) is 0 Å². The van der Waals surface area contributed by atoms with Crippen molar-refractivity contribution < 1.29 is 9.90 Å². The van der Waals surface area contributed by atoms with E-state index in [-0.39, 0.29) is 10.6 Å². The van der Waals surface area contributed by atoms with E-state index in [0.29, 0.717) is 5.78 Å². The highest BCUT2D eigenvalue weighted by atomic mass is 32.1. The summed E-state index contributed by atoms with van der Waals surface area (Å²) in [4.78, 5) is 18.2. The zero-order valence-corrected chi connectivity index (χ0v) is 7.14. The molecule has 6 nitrogen and oxygen atoms in total. The van der Waals surface area contributed by atoms with Gasteiger partial charge in [0.25, 0.3) is 5.78 Å². The number of aromatic carboxylic acids is 1. The number of thiol groups is 1. The predicted molar refractivity (Wildman–Crippen MR) is 45.0 cm³/mol. The van der Waals surface area contributed by atoms with E-state index in [1.54, 1.807) is 0 Å². The maximum atomic E-state index is 10.6. The molecule has 0 fully saturated rings. The van der Waals surface area contributed by atoms with E-state index in [9.17, 15) is 4.79 Å². The SMILES string of the molecule is O=C(O)c1cnc2ncnn2c1S. The third kappa shape index (κ3) is 1.13. The maximum Gasteiger partial charge on any atom is 0.340 e. The second-order valence-electron chi connectivity index (χ2n) is 2.27. The van der Waals surface area contributed by atoms with Crippen molar-refractivity contribution in [2.45, 2.75) is 5.03 Å². The lowest BCUT2D eigenvalue weighted by Gasteiger charge is -1.99. The third-order valence-electron chi connectivity index (χ3n) is 1.51. The van der Waals surface area contributed by atoms with E-state index in [1.165, 1.54) is 17.0 Å². The fourth-order valence-corrected chi connectivity index (χ4v) is 1.21. The Morgan fingerprint density at radius 1 is 1.54 bits per heavy atom. The number of hydrogen-bond acceptors (Lipinski definition) is 5. The summed E-state index contributed by atoms with van der Waals surface area (Å²) in [6.45, 7) is 0. The number of fused-ring (bicyclic) bond motifs is 1. The van der Waals surface area contributed by atoms with Gasteiger partial charge in [-0.2, -0.15) is 14.6 Å². The normalized spacial score (nSPS) is 10.5. The van der Waals surface area contributed by atoms with Crippen LogP contribution in [0.3, 0.4) is 0 Å². The molecule has 2 rings (SSSR count). The van der Waals surface area contributed by atoms with Gasteiger partial charge in [-0.25, -0.2) is 9.78 Å². The lowest BCUT2D eigenvalue weighted by molar-refractivity contribution is 0.0691. The topological polar surface area (TPSA) is 80.4 Å². The first kappa shape index (κ1) is 7.99. The fourth-order valence-electron chi connectivity index (χ4n) is 0.918. The zero-order valence-electron chi connectivity index (χ0n) is 6.25. The Bertz CT molecular complexity index is 480. The van der Waals surface area contributed by atoms with E-state index >= 15 is 0 Å². The van der Waals surface area contributed by atoms with Gasteiger partial charge >= 0.3 is 5.97 Å². The van der Waals surface area contributed by atoms with Crippen molar-refractivity contribution in [1.82, 2.24) is 19.6 Å². The summed E-state index contributed by atoms with van der Waals surface area (Å²) in [5.74, 6) is -0.759. The molecule has 0 saturated carbocycles. The lowest BCUT2D eigenvalue weighted by atomic mass is 10.3. The standard InChI is InChI=1S/C6H4N4O2S/c11-5(12)3-1-7-6-8-2-9-10(6)4(3)13/h1-2,13H,(H,11,12). The second kappa shape index (κ2) is 2.70. The van der Waals surface area contributed by atoms with Crippen LogP contribution in [0.1, 0.15) is 10.4 Å². The maximum absolute atomic E-state index is 10.6. The first-order valence-electron chi connectivity index (χ1n) is 3.31. The molecule has 0 saturated heterocycles. The molecule has 13 heavy (non-hydrogen) atoms. The van der Waals surface area contributed by atoms with Crippen LogP contribution in [-0.4, -0.2) is 30.7 Å². The van der Waals surface area contributed by atoms with Gasteiger partial charge < -0.3 is 5.11 Å². The molecule has 0 aliphatic heterocycles. The van der Waals surface area contributed by atoms with Crippen LogP contribution in [0, 0.1) is 0 Å². The van der Waals surface area contributed by atoms with Crippen LogP contribution in [0.4, 0.5) is 0 Å². The van der Waals surface area contributed by atoms with Crippen LogP contribution in [0.5, 0.6) is 0 Å². The van der Waals surface area contributed by atoms with Gasteiger partial charge in [0.15, 0.2) is 0 Å². The Hall–Kier alpha value is -1.63. The van der Waals surface area contributed by atoms with Gasteiger partial charge in [0, 0.05) is 6.20 Å². The number of rotatable bonds is 1. The summed E-state index contributed by atoms with van der Waals surface area (Å²) in [6, 6.07) is 0. The van der Waals surface area contributed by atoms with Gasteiger partial charge in [0.1, 0.15) is 16.9 Å². The molecule has 0 atom stereocenters. The van der Waals surface area contributed by atoms with E-state index in [1.807, 2.05) is 0 Å². The van der Waals surface area contributed by atoms with E-state index in [0.717, 1.165) is 0 Å². The van der Waals surface area contributed by atoms with Gasteiger partial charge in [-0.05, 0) is 0 Å². The molecule has 0 bridgehead atoms. The number of carbonyl (C=O) groups is 1. The summed E-state index contributed by atoms with van der Waals surface area (Å²) < 4.78 is 1.26.